The Kier molecular flexibility index (Phi) is 7.32. The van der Waals surface area contributed by atoms with Crippen LogP contribution >= 0.6 is 0 Å². The van der Waals surface area contributed by atoms with Crippen molar-refractivity contribution < 1.29 is 19.7 Å². The number of amides is 1. The van der Waals surface area contributed by atoms with Gasteiger partial charge in [0.15, 0.2) is 11.5 Å². The minimum absolute atomic E-state index is 0.0175. The summed E-state index contributed by atoms with van der Waals surface area (Å²) < 4.78 is 5.78. The predicted molar refractivity (Wildman–Crippen MR) is 133 cm³/mol. The van der Waals surface area contributed by atoms with E-state index in [0.29, 0.717) is 36.6 Å². The number of nitrogens with one attached hydrogen (secondary N) is 1. The van der Waals surface area contributed by atoms with Crippen LogP contribution in [0.25, 0.3) is 0 Å². The van der Waals surface area contributed by atoms with E-state index >= 15 is 0 Å². The van der Waals surface area contributed by atoms with Crippen LogP contribution in [0.15, 0.2) is 46.6 Å². The second-order valence-corrected chi connectivity index (χ2v) is 9.15. The molecule has 2 aliphatic heterocycles. The topological polar surface area (TPSA) is 123 Å². The molecule has 1 amide bonds. The Balaban J connectivity index is 1.54. The summed E-state index contributed by atoms with van der Waals surface area (Å²) in [5.41, 5.74) is 1.31. The molecule has 1 atom stereocenters. The second-order valence-electron chi connectivity index (χ2n) is 9.15. The number of phenols is 1. The number of aliphatic imine (C=N–C) groups is 2. The Labute approximate surface area is 205 Å². The highest BCUT2D eigenvalue weighted by atomic mass is 16.5. The van der Waals surface area contributed by atoms with Crippen LogP contribution in [0.4, 0.5) is 5.69 Å². The van der Waals surface area contributed by atoms with Crippen molar-refractivity contribution in [2.75, 3.05) is 26.2 Å². The van der Waals surface area contributed by atoms with Crippen molar-refractivity contribution in [1.82, 2.24) is 20.1 Å². The van der Waals surface area contributed by atoms with Crippen molar-refractivity contribution in [3.63, 3.8) is 0 Å². The number of rotatable bonds is 8. The van der Waals surface area contributed by atoms with E-state index in [0.717, 1.165) is 0 Å². The Morgan fingerprint density at radius 2 is 2.00 bits per heavy atom. The predicted octanol–water partition coefficient (Wildman–Crippen LogP) is 2.14. The normalized spacial score (nSPS) is 15.6. The molecular formula is C25H32N6O4. The highest BCUT2D eigenvalue weighted by molar-refractivity contribution is 6.20. The van der Waals surface area contributed by atoms with E-state index in [1.54, 1.807) is 30.5 Å². The molecule has 1 aromatic carbocycles. The largest absolute Gasteiger partial charge is 0.503 e. The minimum Gasteiger partial charge on any atom is -0.503 e. The molecule has 0 saturated heterocycles. The van der Waals surface area contributed by atoms with Crippen LogP contribution in [0.5, 0.6) is 11.5 Å². The van der Waals surface area contributed by atoms with Crippen LogP contribution in [0, 0.1) is 0 Å². The summed E-state index contributed by atoms with van der Waals surface area (Å²) in [6, 6.07) is 7.34. The summed E-state index contributed by atoms with van der Waals surface area (Å²) >= 11 is 0. The van der Waals surface area contributed by atoms with E-state index in [9.17, 15) is 15.0 Å². The number of phenolic OH excluding ortho intramolecular Hbond substituents is 1. The third-order valence-corrected chi connectivity index (χ3v) is 6.00. The molecule has 0 aliphatic carbocycles. The van der Waals surface area contributed by atoms with Gasteiger partial charge in [-0.2, -0.15) is 0 Å². The molecule has 2 aromatic rings. The molecule has 0 unspecified atom stereocenters. The fourth-order valence-electron chi connectivity index (χ4n) is 4.29. The number of amidine groups is 1. The molecule has 2 aliphatic rings. The van der Waals surface area contributed by atoms with Gasteiger partial charge in [-0.3, -0.25) is 29.9 Å². The molecule has 186 valence electrons. The standard InChI is InChI=1S/C25H32N6O4/c1-15(2)31(16(3)4)13-18(32)14-35-20-8-7-19-21(22(20)33)28-25(30-11-10-27-23(19)30)29-24(34)17-6-5-9-26-12-17/h5-9,12,15-16,18,32-33H,10-11,13-14H2,1-4H3,(H,28,29,34)/t18-/m0/s1. The second kappa shape index (κ2) is 10.4. The van der Waals surface area contributed by atoms with E-state index in [-0.39, 0.29) is 47.7 Å². The number of aromatic hydroxyl groups is 1. The first-order valence-electron chi connectivity index (χ1n) is 11.8. The fraction of sp³-hybridized carbons (Fsp3) is 0.440. The zero-order valence-electron chi connectivity index (χ0n) is 20.5. The minimum atomic E-state index is -0.734. The maximum Gasteiger partial charge on any atom is 0.259 e. The van der Waals surface area contributed by atoms with Gasteiger partial charge in [0.1, 0.15) is 24.2 Å². The number of aliphatic hydroxyl groups excluding tert-OH is 1. The van der Waals surface area contributed by atoms with Crippen LogP contribution in [0.2, 0.25) is 0 Å². The smallest absolute Gasteiger partial charge is 0.259 e. The van der Waals surface area contributed by atoms with E-state index in [4.69, 9.17) is 4.74 Å². The summed E-state index contributed by atoms with van der Waals surface area (Å²) in [7, 11) is 0. The Morgan fingerprint density at radius 3 is 2.69 bits per heavy atom. The molecule has 3 N–H and O–H groups in total. The number of carbonyl (C=O) groups is 1. The van der Waals surface area contributed by atoms with Crippen LogP contribution in [0.1, 0.15) is 43.6 Å². The zero-order valence-corrected chi connectivity index (χ0v) is 20.5. The summed E-state index contributed by atoms with van der Waals surface area (Å²) in [4.78, 5) is 29.8. The summed E-state index contributed by atoms with van der Waals surface area (Å²) in [5.74, 6) is 0.586. The molecule has 1 aromatic heterocycles. The number of aliphatic hydroxyl groups is 1. The zero-order chi connectivity index (χ0) is 25.1. The molecule has 4 rings (SSSR count). The molecule has 3 heterocycles. The summed E-state index contributed by atoms with van der Waals surface area (Å²) in [6.07, 6.45) is 2.33. The van der Waals surface area contributed by atoms with Gasteiger partial charge in [0.2, 0.25) is 5.96 Å². The molecule has 0 fully saturated rings. The monoisotopic (exact) mass is 480 g/mol. The molecule has 10 heteroatoms. The highest BCUT2D eigenvalue weighted by Gasteiger charge is 2.33. The van der Waals surface area contributed by atoms with Crippen LogP contribution in [-0.2, 0) is 0 Å². The lowest BCUT2D eigenvalue weighted by Crippen LogP contribution is -2.47. The number of benzene rings is 1. The first kappa shape index (κ1) is 24.6. The third-order valence-electron chi connectivity index (χ3n) is 6.00. The number of nitrogens with zero attached hydrogens (tertiary/aromatic N) is 5. The molecular weight excluding hydrogens is 448 g/mol. The maximum absolute atomic E-state index is 12.7. The average molecular weight is 481 g/mol. The van der Waals surface area contributed by atoms with Gasteiger partial charge in [0.25, 0.3) is 5.91 Å². The molecule has 0 radical (unpaired) electrons. The van der Waals surface area contributed by atoms with Gasteiger partial charge < -0.3 is 14.9 Å². The van der Waals surface area contributed by atoms with Crippen molar-refractivity contribution in [3.8, 4) is 11.5 Å². The Bertz CT molecular complexity index is 1120. The van der Waals surface area contributed by atoms with E-state index in [2.05, 4.69) is 52.9 Å². The van der Waals surface area contributed by atoms with Gasteiger partial charge >= 0.3 is 0 Å². The van der Waals surface area contributed by atoms with E-state index in [1.165, 1.54) is 6.20 Å². The lowest BCUT2D eigenvalue weighted by molar-refractivity contribution is 0.0439. The number of aromatic nitrogens is 1. The SMILES string of the molecule is CC(C)N(C[C@H](O)COc1ccc2c(c1O)N=C(NC(=O)c1cccnc1)N1CCN=C21)C(C)C. The van der Waals surface area contributed by atoms with Crippen molar-refractivity contribution >= 4 is 23.4 Å². The van der Waals surface area contributed by atoms with Crippen molar-refractivity contribution in [1.29, 1.82) is 0 Å². The van der Waals surface area contributed by atoms with Gasteiger partial charge in [-0.1, -0.05) is 0 Å². The number of carbonyl (C=O) groups excluding carboxylic acids is 1. The highest BCUT2D eigenvalue weighted by Crippen LogP contribution is 2.42. The van der Waals surface area contributed by atoms with Crippen LogP contribution in [-0.4, -0.2) is 87.1 Å². The first-order chi connectivity index (χ1) is 16.8. The Hall–Kier alpha value is -3.50. The van der Waals surface area contributed by atoms with Gasteiger partial charge in [0, 0.05) is 43.1 Å². The lowest BCUT2D eigenvalue weighted by Gasteiger charge is -2.32. The Morgan fingerprint density at radius 1 is 1.23 bits per heavy atom. The van der Waals surface area contributed by atoms with E-state index < -0.39 is 6.10 Å². The van der Waals surface area contributed by atoms with Crippen LogP contribution in [0.3, 0.4) is 0 Å². The molecule has 35 heavy (non-hydrogen) atoms. The van der Waals surface area contributed by atoms with Crippen LogP contribution < -0.4 is 10.1 Å². The molecule has 0 bridgehead atoms. The number of hydrogen-bond donors (Lipinski definition) is 3. The number of pyridine rings is 1. The van der Waals surface area contributed by atoms with Gasteiger partial charge in [0.05, 0.1) is 12.1 Å². The molecule has 0 spiro atoms. The van der Waals surface area contributed by atoms with Gasteiger partial charge in [-0.25, -0.2) is 4.99 Å². The third kappa shape index (κ3) is 5.28. The van der Waals surface area contributed by atoms with Crippen molar-refractivity contribution in [2.45, 2.75) is 45.9 Å². The summed E-state index contributed by atoms with van der Waals surface area (Å²) in [6.45, 7) is 9.92. The average Bonchev–Trinajstić information content (AvgIpc) is 3.33. The maximum atomic E-state index is 12.7. The number of fused-ring (bicyclic) bond motifs is 3. The molecule has 0 saturated carbocycles. The number of guanidine groups is 1. The summed E-state index contributed by atoms with van der Waals surface area (Å²) in [5, 5.41) is 24.3. The van der Waals surface area contributed by atoms with Gasteiger partial charge in [-0.05, 0) is 52.0 Å². The quantitative estimate of drug-likeness (QED) is 0.529. The molecule has 10 nitrogen and oxygen atoms in total. The van der Waals surface area contributed by atoms with E-state index in [1.807, 2.05) is 4.90 Å². The number of hydrogen-bond acceptors (Lipinski definition) is 9. The lowest BCUT2D eigenvalue weighted by atomic mass is 10.1. The van der Waals surface area contributed by atoms with Crippen molar-refractivity contribution in [2.24, 2.45) is 9.98 Å². The first-order valence-corrected chi connectivity index (χ1v) is 11.8. The fourth-order valence-corrected chi connectivity index (χ4v) is 4.29. The van der Waals surface area contributed by atoms with Gasteiger partial charge in [-0.15, -0.1) is 0 Å². The van der Waals surface area contributed by atoms with Crippen molar-refractivity contribution in [3.05, 3.63) is 47.8 Å². The number of ether oxygens (including phenoxy) is 1.